The summed E-state index contributed by atoms with van der Waals surface area (Å²) < 4.78 is 51.2. The second kappa shape index (κ2) is 8.06. The molecule has 5 nitrogen and oxygen atoms in total. The monoisotopic (exact) mass is 424 g/mol. The number of aromatic nitrogens is 2. The minimum absolute atomic E-state index is 0.0195. The van der Waals surface area contributed by atoms with Crippen LogP contribution in [0.4, 0.5) is 13.2 Å². The first-order chi connectivity index (χ1) is 14.9. The van der Waals surface area contributed by atoms with Gasteiger partial charge in [0.25, 0.3) is 0 Å². The van der Waals surface area contributed by atoms with Gasteiger partial charge in [0.2, 0.25) is 0 Å². The normalized spacial score (nSPS) is 10.9. The molecule has 1 heterocycles. The van der Waals surface area contributed by atoms with Gasteiger partial charge in [-0.2, -0.15) is 0 Å². The Labute approximate surface area is 175 Å². The van der Waals surface area contributed by atoms with Crippen LogP contribution in [0.15, 0.2) is 54.7 Å². The van der Waals surface area contributed by atoms with Crippen molar-refractivity contribution in [1.29, 1.82) is 0 Å². The average molecular weight is 424 g/mol. The summed E-state index contributed by atoms with van der Waals surface area (Å²) in [6.45, 7) is 0. The van der Waals surface area contributed by atoms with Gasteiger partial charge in [-0.25, -0.2) is 22.9 Å². The molecule has 0 spiro atoms. The first-order valence-electron chi connectivity index (χ1n) is 9.10. The number of ether oxygens (including phenoxy) is 2. The minimum atomic E-state index is -1.02. The van der Waals surface area contributed by atoms with Gasteiger partial charge in [-0.1, -0.05) is 12.1 Å². The van der Waals surface area contributed by atoms with Gasteiger partial charge < -0.3 is 9.47 Å². The number of hydrogen-bond donors (Lipinski definition) is 0. The standard InChI is InChI=1S/C23H15F3N2O3/c1-30-22-15(12-4-3-5-14(24)8-12)10-18-21(20(22)23(29)31-2)27-11-19(28-18)13-6-7-16(25)17(26)9-13/h3-11H,1-2H3. The van der Waals surface area contributed by atoms with E-state index in [0.29, 0.717) is 16.7 Å². The fourth-order valence-corrected chi connectivity index (χ4v) is 3.31. The number of fused-ring (bicyclic) bond motifs is 1. The van der Waals surface area contributed by atoms with E-state index in [9.17, 15) is 18.0 Å². The molecule has 156 valence electrons. The van der Waals surface area contributed by atoms with Gasteiger partial charge in [-0.3, -0.25) is 4.98 Å². The fraction of sp³-hybridized carbons (Fsp3) is 0.0870. The van der Waals surface area contributed by atoms with Gasteiger partial charge >= 0.3 is 5.97 Å². The van der Waals surface area contributed by atoms with Crippen molar-refractivity contribution in [3.63, 3.8) is 0 Å². The van der Waals surface area contributed by atoms with Crippen LogP contribution in [0.5, 0.6) is 5.75 Å². The highest BCUT2D eigenvalue weighted by Gasteiger charge is 2.24. The molecule has 0 saturated heterocycles. The molecule has 0 aliphatic carbocycles. The molecule has 0 N–H and O–H groups in total. The smallest absolute Gasteiger partial charge is 0.343 e. The zero-order valence-corrected chi connectivity index (χ0v) is 16.4. The van der Waals surface area contributed by atoms with Crippen LogP contribution in [0.2, 0.25) is 0 Å². The number of carbonyl (C=O) groups is 1. The highest BCUT2D eigenvalue weighted by atomic mass is 19.2. The van der Waals surface area contributed by atoms with E-state index >= 15 is 0 Å². The van der Waals surface area contributed by atoms with Crippen LogP contribution in [0.1, 0.15) is 10.4 Å². The molecule has 0 bridgehead atoms. The zero-order chi connectivity index (χ0) is 22.1. The van der Waals surface area contributed by atoms with Crippen molar-refractivity contribution >= 4 is 17.0 Å². The molecule has 1 aromatic heterocycles. The van der Waals surface area contributed by atoms with E-state index < -0.39 is 23.4 Å². The molecular formula is C23H15F3N2O3. The highest BCUT2D eigenvalue weighted by Crippen LogP contribution is 2.38. The summed E-state index contributed by atoms with van der Waals surface area (Å²) in [5.74, 6) is -3.04. The van der Waals surface area contributed by atoms with Crippen LogP contribution in [0.3, 0.4) is 0 Å². The van der Waals surface area contributed by atoms with Crippen molar-refractivity contribution in [3.05, 3.63) is 77.7 Å². The quantitative estimate of drug-likeness (QED) is 0.423. The minimum Gasteiger partial charge on any atom is -0.495 e. The molecule has 3 aromatic carbocycles. The van der Waals surface area contributed by atoms with E-state index in [2.05, 4.69) is 9.97 Å². The Kier molecular flexibility index (Phi) is 5.29. The first kappa shape index (κ1) is 20.3. The van der Waals surface area contributed by atoms with Crippen LogP contribution < -0.4 is 4.74 Å². The number of nitrogens with zero attached hydrogens (tertiary/aromatic N) is 2. The fourth-order valence-electron chi connectivity index (χ4n) is 3.31. The molecule has 0 radical (unpaired) electrons. The highest BCUT2D eigenvalue weighted by molar-refractivity contribution is 6.07. The van der Waals surface area contributed by atoms with E-state index in [1.807, 2.05) is 0 Å². The lowest BCUT2D eigenvalue weighted by molar-refractivity contribution is 0.0599. The molecule has 31 heavy (non-hydrogen) atoms. The maximum absolute atomic E-state index is 13.9. The van der Waals surface area contributed by atoms with Gasteiger partial charge in [-0.05, 0) is 42.0 Å². The van der Waals surface area contributed by atoms with E-state index in [0.717, 1.165) is 12.1 Å². The molecular weight excluding hydrogens is 409 g/mol. The van der Waals surface area contributed by atoms with Crippen LogP contribution in [-0.2, 0) is 4.74 Å². The number of benzene rings is 3. The van der Waals surface area contributed by atoms with Gasteiger partial charge in [0.05, 0.1) is 31.6 Å². The van der Waals surface area contributed by atoms with Gasteiger partial charge in [0, 0.05) is 11.1 Å². The van der Waals surface area contributed by atoms with Gasteiger partial charge in [0.1, 0.15) is 22.6 Å². The number of methoxy groups -OCH3 is 2. The van der Waals surface area contributed by atoms with Crippen LogP contribution in [-0.4, -0.2) is 30.2 Å². The first-order valence-corrected chi connectivity index (χ1v) is 9.10. The third-order valence-corrected chi connectivity index (χ3v) is 4.73. The number of halogens is 3. The summed E-state index contributed by atoms with van der Waals surface area (Å²) in [5.41, 5.74) is 1.88. The second-order valence-corrected chi connectivity index (χ2v) is 6.59. The van der Waals surface area contributed by atoms with E-state index in [-0.39, 0.29) is 28.0 Å². The molecule has 0 aliphatic heterocycles. The molecule has 4 rings (SSSR count). The summed E-state index contributed by atoms with van der Waals surface area (Å²) in [7, 11) is 2.59. The van der Waals surface area contributed by atoms with Crippen molar-refractivity contribution in [2.75, 3.05) is 14.2 Å². The van der Waals surface area contributed by atoms with E-state index in [1.165, 1.54) is 44.7 Å². The summed E-state index contributed by atoms with van der Waals surface area (Å²) in [6.07, 6.45) is 1.34. The predicted octanol–water partition coefficient (Wildman–Crippen LogP) is 5.18. The number of carbonyl (C=O) groups excluding carboxylic acids is 1. The van der Waals surface area contributed by atoms with Gasteiger partial charge in [0.15, 0.2) is 11.6 Å². The Bertz CT molecular complexity index is 1330. The molecule has 0 atom stereocenters. The molecule has 0 fully saturated rings. The van der Waals surface area contributed by atoms with Crippen LogP contribution >= 0.6 is 0 Å². The largest absolute Gasteiger partial charge is 0.495 e. The molecule has 4 aromatic rings. The lowest BCUT2D eigenvalue weighted by Gasteiger charge is -2.15. The SMILES string of the molecule is COC(=O)c1c(OC)c(-c2cccc(F)c2)cc2nc(-c3ccc(F)c(F)c3)cnc12. The Morgan fingerprint density at radius 3 is 2.42 bits per heavy atom. The van der Waals surface area contributed by atoms with Gasteiger partial charge in [-0.15, -0.1) is 0 Å². The summed E-state index contributed by atoms with van der Waals surface area (Å²) in [5, 5.41) is 0. The van der Waals surface area contributed by atoms with E-state index in [1.54, 1.807) is 12.1 Å². The number of rotatable bonds is 4. The van der Waals surface area contributed by atoms with Crippen LogP contribution in [0.25, 0.3) is 33.4 Å². The Morgan fingerprint density at radius 1 is 0.935 bits per heavy atom. The molecule has 8 heteroatoms. The lowest BCUT2D eigenvalue weighted by atomic mass is 9.99. The maximum Gasteiger partial charge on any atom is 0.343 e. The molecule has 0 saturated carbocycles. The summed E-state index contributed by atoms with van der Waals surface area (Å²) >= 11 is 0. The Balaban J connectivity index is 2.02. The molecule has 0 amide bonds. The lowest BCUT2D eigenvalue weighted by Crippen LogP contribution is -2.08. The topological polar surface area (TPSA) is 61.3 Å². The Hall–Kier alpha value is -3.94. The van der Waals surface area contributed by atoms with Crippen molar-refractivity contribution in [1.82, 2.24) is 9.97 Å². The third kappa shape index (κ3) is 3.68. The summed E-state index contributed by atoms with van der Waals surface area (Å²) in [4.78, 5) is 21.3. The van der Waals surface area contributed by atoms with Crippen molar-refractivity contribution < 1.29 is 27.4 Å². The number of hydrogen-bond acceptors (Lipinski definition) is 5. The third-order valence-electron chi connectivity index (χ3n) is 4.73. The van der Waals surface area contributed by atoms with Crippen LogP contribution in [0, 0.1) is 17.5 Å². The van der Waals surface area contributed by atoms with Crippen molar-refractivity contribution in [3.8, 4) is 28.1 Å². The zero-order valence-electron chi connectivity index (χ0n) is 16.4. The predicted molar refractivity (Wildman–Crippen MR) is 108 cm³/mol. The van der Waals surface area contributed by atoms with E-state index in [4.69, 9.17) is 9.47 Å². The molecule has 0 unspecified atom stereocenters. The molecule has 0 aliphatic rings. The number of esters is 1. The summed E-state index contributed by atoms with van der Waals surface area (Å²) in [6, 6.07) is 10.7. The second-order valence-electron chi connectivity index (χ2n) is 6.59. The maximum atomic E-state index is 13.9. The van der Waals surface area contributed by atoms with Crippen molar-refractivity contribution in [2.45, 2.75) is 0 Å². The van der Waals surface area contributed by atoms with Crippen molar-refractivity contribution in [2.24, 2.45) is 0 Å². The Morgan fingerprint density at radius 2 is 1.74 bits per heavy atom. The average Bonchev–Trinajstić information content (AvgIpc) is 2.78.